The van der Waals surface area contributed by atoms with Gasteiger partial charge in [-0.1, -0.05) is 0 Å². The van der Waals surface area contributed by atoms with Crippen LogP contribution in [-0.2, 0) is 13.6 Å². The van der Waals surface area contributed by atoms with Gasteiger partial charge in [0.15, 0.2) is 5.82 Å². The molecule has 1 saturated heterocycles. The molecule has 1 fully saturated rings. The van der Waals surface area contributed by atoms with E-state index in [-0.39, 0.29) is 29.8 Å². The summed E-state index contributed by atoms with van der Waals surface area (Å²) in [4.78, 5) is 34.5. The van der Waals surface area contributed by atoms with Gasteiger partial charge < -0.3 is 24.5 Å². The van der Waals surface area contributed by atoms with Crippen molar-refractivity contribution < 1.29 is 27.9 Å². The van der Waals surface area contributed by atoms with E-state index < -0.39 is 18.8 Å². The molecule has 1 aromatic carbocycles. The standard InChI is InChI=1S/C24H23F3N6O3/c1-31-18-7-6-15(22(34)32-9-3-5-16(12-32)29-23(35)36)10-17(18)30-21(31)19-11-14-4-2-8-28-20(14)33(19)13-24(25,26)27/h2,4,6-8,10-11,16,29H,3,5,9,12-13H2,1H3,(H,35,36). The zero-order valence-corrected chi connectivity index (χ0v) is 19.3. The van der Waals surface area contributed by atoms with Crippen molar-refractivity contribution in [3.05, 3.63) is 48.2 Å². The first-order valence-corrected chi connectivity index (χ1v) is 11.4. The van der Waals surface area contributed by atoms with Crippen molar-refractivity contribution in [2.75, 3.05) is 13.1 Å². The van der Waals surface area contributed by atoms with Crippen molar-refractivity contribution in [3.8, 4) is 11.5 Å². The highest BCUT2D eigenvalue weighted by Crippen LogP contribution is 2.32. The second-order valence-electron chi connectivity index (χ2n) is 8.88. The Morgan fingerprint density at radius 1 is 1.22 bits per heavy atom. The molecule has 188 valence electrons. The molecule has 0 bridgehead atoms. The van der Waals surface area contributed by atoms with E-state index in [4.69, 9.17) is 5.11 Å². The summed E-state index contributed by atoms with van der Waals surface area (Å²) >= 11 is 0. The minimum Gasteiger partial charge on any atom is -0.465 e. The summed E-state index contributed by atoms with van der Waals surface area (Å²) in [5, 5.41) is 12.0. The summed E-state index contributed by atoms with van der Waals surface area (Å²) in [5.41, 5.74) is 1.98. The van der Waals surface area contributed by atoms with Crippen molar-refractivity contribution in [1.29, 1.82) is 0 Å². The van der Waals surface area contributed by atoms with Gasteiger partial charge in [-0.15, -0.1) is 0 Å². The zero-order valence-electron chi connectivity index (χ0n) is 19.3. The van der Waals surface area contributed by atoms with Gasteiger partial charge in [-0.25, -0.2) is 14.8 Å². The number of rotatable bonds is 4. The molecular formula is C24H23F3N6O3. The SMILES string of the molecule is Cn1c(-c2cc3cccnc3n2CC(F)(F)F)nc2cc(C(=O)N3CCCC(NC(=O)O)C3)ccc21. The Morgan fingerprint density at radius 2 is 2.03 bits per heavy atom. The first-order valence-electron chi connectivity index (χ1n) is 11.4. The number of imidazole rings is 1. The van der Waals surface area contributed by atoms with E-state index >= 15 is 0 Å². The fraction of sp³-hybridized carbons (Fsp3) is 0.333. The number of piperidine rings is 1. The maximum atomic E-state index is 13.4. The Hall–Kier alpha value is -4.09. The van der Waals surface area contributed by atoms with Crippen LogP contribution < -0.4 is 5.32 Å². The van der Waals surface area contributed by atoms with E-state index in [1.54, 1.807) is 52.9 Å². The fourth-order valence-corrected chi connectivity index (χ4v) is 4.81. The Bertz CT molecular complexity index is 1480. The number of nitrogens with zero attached hydrogens (tertiary/aromatic N) is 5. The highest BCUT2D eigenvalue weighted by Gasteiger charge is 2.31. The van der Waals surface area contributed by atoms with E-state index in [0.29, 0.717) is 47.2 Å². The summed E-state index contributed by atoms with van der Waals surface area (Å²) in [7, 11) is 1.71. The first-order chi connectivity index (χ1) is 17.1. The van der Waals surface area contributed by atoms with Crippen LogP contribution in [0.1, 0.15) is 23.2 Å². The molecule has 9 nitrogen and oxygen atoms in total. The number of alkyl halides is 3. The molecule has 2 amide bonds. The van der Waals surface area contributed by atoms with Gasteiger partial charge >= 0.3 is 12.3 Å². The molecule has 1 unspecified atom stereocenters. The topological polar surface area (TPSA) is 105 Å². The second kappa shape index (κ2) is 8.85. The van der Waals surface area contributed by atoms with E-state index in [1.165, 1.54) is 6.20 Å². The van der Waals surface area contributed by atoms with E-state index in [1.807, 2.05) is 0 Å². The van der Waals surface area contributed by atoms with Crippen LogP contribution >= 0.6 is 0 Å². The molecule has 36 heavy (non-hydrogen) atoms. The number of hydrogen-bond donors (Lipinski definition) is 2. The van der Waals surface area contributed by atoms with Crippen LogP contribution in [0.25, 0.3) is 33.6 Å². The third-order valence-electron chi connectivity index (χ3n) is 6.39. The van der Waals surface area contributed by atoms with Crippen LogP contribution in [0.5, 0.6) is 0 Å². The number of likely N-dealkylation sites (tertiary alicyclic amines) is 1. The maximum Gasteiger partial charge on any atom is 0.406 e. The number of aryl methyl sites for hydroxylation is 1. The smallest absolute Gasteiger partial charge is 0.406 e. The number of carbonyl (C=O) groups excluding carboxylic acids is 1. The maximum absolute atomic E-state index is 13.4. The third-order valence-corrected chi connectivity index (χ3v) is 6.39. The molecular weight excluding hydrogens is 477 g/mol. The number of aromatic nitrogens is 4. The second-order valence-corrected chi connectivity index (χ2v) is 8.88. The molecule has 4 heterocycles. The van der Waals surface area contributed by atoms with Gasteiger partial charge in [0.05, 0.1) is 16.7 Å². The highest BCUT2D eigenvalue weighted by atomic mass is 19.4. The number of hydrogen-bond acceptors (Lipinski definition) is 4. The molecule has 0 aliphatic carbocycles. The predicted octanol–water partition coefficient (Wildman–Crippen LogP) is 4.02. The van der Waals surface area contributed by atoms with Gasteiger partial charge in [-0.3, -0.25) is 4.79 Å². The lowest BCUT2D eigenvalue weighted by Crippen LogP contribution is -2.49. The minimum absolute atomic E-state index is 0.211. The Labute approximate surface area is 203 Å². The van der Waals surface area contributed by atoms with Crippen molar-refractivity contribution in [3.63, 3.8) is 0 Å². The molecule has 1 aliphatic heterocycles. The van der Waals surface area contributed by atoms with Crippen molar-refractivity contribution in [1.82, 2.24) is 29.3 Å². The Balaban J connectivity index is 1.51. The molecule has 4 aromatic rings. The number of fused-ring (bicyclic) bond motifs is 2. The minimum atomic E-state index is -4.45. The summed E-state index contributed by atoms with van der Waals surface area (Å²) in [6.45, 7) is -0.440. The number of carbonyl (C=O) groups is 2. The summed E-state index contributed by atoms with van der Waals surface area (Å²) in [6, 6.07) is 9.63. The molecule has 2 N–H and O–H groups in total. The molecule has 0 saturated carbocycles. The van der Waals surface area contributed by atoms with Gasteiger partial charge in [0, 0.05) is 43.3 Å². The Morgan fingerprint density at radius 3 is 2.78 bits per heavy atom. The van der Waals surface area contributed by atoms with Gasteiger partial charge in [-0.05, 0) is 49.2 Å². The van der Waals surface area contributed by atoms with Crippen molar-refractivity contribution in [2.45, 2.75) is 31.6 Å². The van der Waals surface area contributed by atoms with Crippen LogP contribution in [0.2, 0.25) is 0 Å². The molecule has 3 aromatic heterocycles. The normalized spacial score (nSPS) is 16.6. The summed E-state index contributed by atoms with van der Waals surface area (Å²) < 4.78 is 43.0. The van der Waals surface area contributed by atoms with E-state index in [2.05, 4.69) is 15.3 Å². The van der Waals surface area contributed by atoms with Crippen molar-refractivity contribution >= 4 is 34.1 Å². The lowest BCUT2D eigenvalue weighted by Gasteiger charge is -2.32. The first kappa shape index (κ1) is 23.6. The van der Waals surface area contributed by atoms with Crippen LogP contribution in [-0.4, -0.2) is 66.4 Å². The van der Waals surface area contributed by atoms with Crippen LogP contribution in [0.15, 0.2) is 42.6 Å². The van der Waals surface area contributed by atoms with Gasteiger partial charge in [0.2, 0.25) is 0 Å². The van der Waals surface area contributed by atoms with E-state index in [0.717, 1.165) is 4.57 Å². The number of nitrogens with one attached hydrogen (secondary N) is 1. The predicted molar refractivity (Wildman–Crippen MR) is 126 cm³/mol. The van der Waals surface area contributed by atoms with Crippen molar-refractivity contribution in [2.24, 2.45) is 7.05 Å². The quantitative estimate of drug-likeness (QED) is 0.440. The zero-order chi connectivity index (χ0) is 25.6. The molecule has 1 atom stereocenters. The molecule has 12 heteroatoms. The monoisotopic (exact) mass is 500 g/mol. The number of halogens is 3. The van der Waals surface area contributed by atoms with Crippen LogP contribution in [0.3, 0.4) is 0 Å². The molecule has 0 spiro atoms. The lowest BCUT2D eigenvalue weighted by atomic mass is 10.0. The summed E-state index contributed by atoms with van der Waals surface area (Å²) in [5.74, 6) is 0.0666. The van der Waals surface area contributed by atoms with Gasteiger partial charge in [-0.2, -0.15) is 13.2 Å². The molecule has 0 radical (unpaired) electrons. The van der Waals surface area contributed by atoms with E-state index in [9.17, 15) is 22.8 Å². The fourth-order valence-electron chi connectivity index (χ4n) is 4.81. The number of carboxylic acid groups (broad SMARTS) is 1. The summed E-state index contributed by atoms with van der Waals surface area (Å²) in [6.07, 6.45) is -2.81. The average molecular weight is 500 g/mol. The van der Waals surface area contributed by atoms with Crippen LogP contribution in [0.4, 0.5) is 18.0 Å². The van der Waals surface area contributed by atoms with Gasteiger partial charge in [0.25, 0.3) is 5.91 Å². The largest absolute Gasteiger partial charge is 0.465 e. The van der Waals surface area contributed by atoms with Gasteiger partial charge in [0.1, 0.15) is 12.2 Å². The van der Waals surface area contributed by atoms with Crippen LogP contribution in [0, 0.1) is 0 Å². The Kier molecular flexibility index (Phi) is 5.81. The lowest BCUT2D eigenvalue weighted by molar-refractivity contribution is -0.139. The third kappa shape index (κ3) is 4.45. The average Bonchev–Trinajstić information content (AvgIpc) is 3.34. The highest BCUT2D eigenvalue weighted by molar-refractivity contribution is 5.98. The molecule has 5 rings (SSSR count). The number of pyridine rings is 1. The number of benzene rings is 1. The number of amides is 2. The molecule has 1 aliphatic rings.